The van der Waals surface area contributed by atoms with Gasteiger partial charge in [-0.2, -0.15) is 0 Å². The normalized spacial score (nSPS) is 39.9. The molecule has 2 rings (SSSR count). The van der Waals surface area contributed by atoms with Gasteiger partial charge in [-0.15, -0.1) is 0 Å². The van der Waals surface area contributed by atoms with Crippen molar-refractivity contribution in [3.63, 3.8) is 0 Å². The zero-order valence-electron chi connectivity index (χ0n) is 8.42. The van der Waals surface area contributed by atoms with E-state index in [9.17, 15) is 15.3 Å². The Labute approximate surface area is 91.5 Å². The number of aromatic nitrogens is 2. The maximum absolute atomic E-state index is 9.73. The molecule has 4 N–H and O–H groups in total. The highest BCUT2D eigenvalue weighted by Gasteiger charge is 2.43. The lowest BCUT2D eigenvalue weighted by Gasteiger charge is -2.40. The minimum absolute atomic E-state index is 0.434. The van der Waals surface area contributed by atoms with Crippen LogP contribution >= 0.6 is 0 Å². The maximum atomic E-state index is 9.73. The molecule has 0 spiro atoms. The van der Waals surface area contributed by atoms with Crippen molar-refractivity contribution in [1.29, 1.82) is 0 Å². The summed E-state index contributed by atoms with van der Waals surface area (Å²) < 4.78 is 6.75. The summed E-state index contributed by atoms with van der Waals surface area (Å²) in [6.45, 7) is -0.434. The van der Waals surface area contributed by atoms with Gasteiger partial charge >= 0.3 is 0 Å². The number of rotatable bonds is 2. The number of hydrogen-bond acceptors (Lipinski definition) is 6. The van der Waals surface area contributed by atoms with Crippen molar-refractivity contribution in [2.45, 2.75) is 30.6 Å². The molecule has 0 radical (unpaired) electrons. The summed E-state index contributed by atoms with van der Waals surface area (Å²) in [5, 5.41) is 37.8. The molecule has 0 unspecified atom stereocenters. The Morgan fingerprint density at radius 2 is 1.94 bits per heavy atom. The third-order valence-electron chi connectivity index (χ3n) is 2.69. The second-order valence-corrected chi connectivity index (χ2v) is 3.73. The minimum Gasteiger partial charge on any atom is -0.394 e. The third kappa shape index (κ3) is 1.83. The van der Waals surface area contributed by atoms with Crippen molar-refractivity contribution in [2.24, 2.45) is 0 Å². The Kier molecular flexibility index (Phi) is 3.22. The Morgan fingerprint density at radius 3 is 2.50 bits per heavy atom. The first-order valence-corrected chi connectivity index (χ1v) is 4.93. The molecule has 0 aromatic carbocycles. The molecule has 0 saturated carbocycles. The van der Waals surface area contributed by atoms with E-state index in [1.54, 1.807) is 6.20 Å². The second kappa shape index (κ2) is 4.48. The van der Waals surface area contributed by atoms with Crippen molar-refractivity contribution in [3.05, 3.63) is 18.7 Å². The van der Waals surface area contributed by atoms with Crippen LogP contribution in [-0.4, -0.2) is 61.0 Å². The van der Waals surface area contributed by atoms with Gasteiger partial charge in [0.1, 0.15) is 24.4 Å². The van der Waals surface area contributed by atoms with Crippen molar-refractivity contribution in [1.82, 2.24) is 9.55 Å². The zero-order valence-corrected chi connectivity index (χ0v) is 8.42. The van der Waals surface area contributed by atoms with Gasteiger partial charge in [0.15, 0.2) is 6.23 Å². The van der Waals surface area contributed by atoms with Crippen LogP contribution in [0.1, 0.15) is 6.23 Å². The number of aliphatic hydroxyl groups excluding tert-OH is 4. The van der Waals surface area contributed by atoms with E-state index in [4.69, 9.17) is 9.84 Å². The maximum Gasteiger partial charge on any atom is 0.164 e. The highest BCUT2D eigenvalue weighted by atomic mass is 16.6. The number of ether oxygens (including phenoxy) is 1. The quantitative estimate of drug-likeness (QED) is 0.461. The van der Waals surface area contributed by atoms with Crippen LogP contribution in [0.25, 0.3) is 0 Å². The van der Waals surface area contributed by atoms with Gasteiger partial charge in [0.25, 0.3) is 0 Å². The van der Waals surface area contributed by atoms with Crippen molar-refractivity contribution >= 4 is 0 Å². The summed E-state index contributed by atoms with van der Waals surface area (Å²) in [7, 11) is 0. The van der Waals surface area contributed by atoms with Crippen LogP contribution in [0, 0.1) is 0 Å². The summed E-state index contributed by atoms with van der Waals surface area (Å²) in [5.41, 5.74) is 0. The summed E-state index contributed by atoms with van der Waals surface area (Å²) in [5.74, 6) is 0. The van der Waals surface area contributed by atoms with E-state index >= 15 is 0 Å². The fraction of sp³-hybridized carbons (Fsp3) is 0.667. The first kappa shape index (κ1) is 11.5. The molecule has 90 valence electrons. The van der Waals surface area contributed by atoms with E-state index in [1.807, 2.05) is 0 Å². The van der Waals surface area contributed by atoms with Crippen LogP contribution in [0.4, 0.5) is 0 Å². The standard InChI is InChI=1S/C9H14N2O5/c12-3-5-6(13)7(14)8(15)9(16-5)11-2-1-10-4-11/h1-2,4-9,12-15H,3H2/t5-,6-,7+,8-,9-/m1/s1. The highest BCUT2D eigenvalue weighted by molar-refractivity contribution is 4.92. The lowest BCUT2D eigenvalue weighted by Crippen LogP contribution is -2.56. The highest BCUT2D eigenvalue weighted by Crippen LogP contribution is 2.27. The van der Waals surface area contributed by atoms with E-state index in [2.05, 4.69) is 4.98 Å². The van der Waals surface area contributed by atoms with E-state index in [-0.39, 0.29) is 0 Å². The molecule has 7 heteroatoms. The van der Waals surface area contributed by atoms with Gasteiger partial charge in [-0.05, 0) is 0 Å². The zero-order chi connectivity index (χ0) is 11.7. The molecule has 1 aromatic heterocycles. The molecule has 0 bridgehead atoms. The molecule has 1 aliphatic heterocycles. The first-order chi connectivity index (χ1) is 7.65. The van der Waals surface area contributed by atoms with Crippen LogP contribution in [0.3, 0.4) is 0 Å². The fourth-order valence-electron chi connectivity index (χ4n) is 1.75. The molecule has 0 amide bonds. The lowest BCUT2D eigenvalue weighted by atomic mass is 9.98. The van der Waals surface area contributed by atoms with Gasteiger partial charge in [0, 0.05) is 12.4 Å². The average Bonchev–Trinajstić information content (AvgIpc) is 2.80. The third-order valence-corrected chi connectivity index (χ3v) is 2.69. The Bertz CT molecular complexity index is 329. The van der Waals surface area contributed by atoms with Crippen molar-refractivity contribution < 1.29 is 25.2 Å². The summed E-state index contributed by atoms with van der Waals surface area (Å²) in [6, 6.07) is 0. The number of nitrogens with zero attached hydrogens (tertiary/aromatic N) is 2. The van der Waals surface area contributed by atoms with Gasteiger partial charge in [-0.25, -0.2) is 4.98 Å². The topological polar surface area (TPSA) is 108 Å². The number of imidazole rings is 1. The predicted octanol–water partition coefficient (Wildman–Crippen LogP) is -2.14. The summed E-state index contributed by atoms with van der Waals surface area (Å²) >= 11 is 0. The van der Waals surface area contributed by atoms with Gasteiger partial charge < -0.3 is 29.7 Å². The molecule has 16 heavy (non-hydrogen) atoms. The lowest BCUT2D eigenvalue weighted by molar-refractivity contribution is -0.251. The predicted molar refractivity (Wildman–Crippen MR) is 51.2 cm³/mol. The molecule has 2 heterocycles. The average molecular weight is 230 g/mol. The van der Waals surface area contributed by atoms with Crippen molar-refractivity contribution in [2.75, 3.05) is 6.61 Å². The van der Waals surface area contributed by atoms with E-state index in [0.29, 0.717) is 0 Å². The van der Waals surface area contributed by atoms with Gasteiger partial charge in [-0.1, -0.05) is 0 Å². The van der Waals surface area contributed by atoms with Gasteiger partial charge in [0.2, 0.25) is 0 Å². The molecule has 1 aliphatic rings. The molecule has 1 saturated heterocycles. The number of aliphatic hydroxyl groups is 4. The monoisotopic (exact) mass is 230 g/mol. The molecule has 1 aromatic rings. The molecular weight excluding hydrogens is 216 g/mol. The largest absolute Gasteiger partial charge is 0.394 e. The van der Waals surface area contributed by atoms with Crippen LogP contribution in [0.2, 0.25) is 0 Å². The molecule has 7 nitrogen and oxygen atoms in total. The van der Waals surface area contributed by atoms with Gasteiger partial charge in [-0.3, -0.25) is 0 Å². The smallest absolute Gasteiger partial charge is 0.164 e. The van der Waals surface area contributed by atoms with Crippen molar-refractivity contribution in [3.8, 4) is 0 Å². The Morgan fingerprint density at radius 1 is 1.19 bits per heavy atom. The fourth-order valence-corrected chi connectivity index (χ4v) is 1.75. The van der Waals surface area contributed by atoms with Gasteiger partial charge in [0.05, 0.1) is 12.9 Å². The van der Waals surface area contributed by atoms with E-state index in [1.165, 1.54) is 17.1 Å². The number of hydrogen-bond donors (Lipinski definition) is 4. The van der Waals surface area contributed by atoms with Crippen LogP contribution < -0.4 is 0 Å². The minimum atomic E-state index is -1.36. The Balaban J connectivity index is 2.20. The molecule has 1 fully saturated rings. The van der Waals surface area contributed by atoms with Crippen LogP contribution in [0.5, 0.6) is 0 Å². The first-order valence-electron chi connectivity index (χ1n) is 4.93. The van der Waals surface area contributed by atoms with E-state index < -0.39 is 37.3 Å². The van der Waals surface area contributed by atoms with Crippen LogP contribution in [0.15, 0.2) is 18.7 Å². The second-order valence-electron chi connectivity index (χ2n) is 3.73. The molecule has 0 aliphatic carbocycles. The molecule has 5 atom stereocenters. The summed E-state index contributed by atoms with van der Waals surface area (Å²) in [4.78, 5) is 3.79. The summed E-state index contributed by atoms with van der Waals surface area (Å²) in [6.07, 6.45) is -1.24. The molecular formula is C9H14N2O5. The SMILES string of the molecule is OC[C@H]1O[C@@H](n2ccnc2)[C@H](O)[C@@H](O)[C@@H]1O. The van der Waals surface area contributed by atoms with E-state index in [0.717, 1.165) is 0 Å². The Hall–Kier alpha value is -0.990. The van der Waals surface area contributed by atoms with Crippen LogP contribution in [-0.2, 0) is 4.74 Å².